The van der Waals surface area contributed by atoms with Gasteiger partial charge in [0.2, 0.25) is 0 Å². The van der Waals surface area contributed by atoms with Crippen molar-refractivity contribution < 1.29 is 14.2 Å². The molecule has 23 heavy (non-hydrogen) atoms. The number of hydrogen-bond acceptors (Lipinski definition) is 3. The summed E-state index contributed by atoms with van der Waals surface area (Å²) in [5, 5.41) is 0. The third kappa shape index (κ3) is 4.55. The van der Waals surface area contributed by atoms with Crippen LogP contribution in [-0.2, 0) is 10.8 Å². The molecule has 0 radical (unpaired) electrons. The standard InChI is InChI=1S/C20H34O3/c1-10-21-14-13-15(22-11-2)17(20(7,8)9)18(23-12-3)16(14)19(4,5)6/h13H,10-12H2,1-9H3. The second kappa shape index (κ2) is 7.46. The van der Waals surface area contributed by atoms with E-state index in [9.17, 15) is 0 Å². The van der Waals surface area contributed by atoms with E-state index in [1.165, 1.54) is 0 Å². The maximum Gasteiger partial charge on any atom is 0.134 e. The van der Waals surface area contributed by atoms with Gasteiger partial charge in [0.1, 0.15) is 17.2 Å². The first-order chi connectivity index (χ1) is 10.6. The van der Waals surface area contributed by atoms with E-state index in [0.717, 1.165) is 28.4 Å². The number of hydrogen-bond donors (Lipinski definition) is 0. The second-order valence-corrected chi connectivity index (χ2v) is 7.75. The van der Waals surface area contributed by atoms with E-state index >= 15 is 0 Å². The van der Waals surface area contributed by atoms with Gasteiger partial charge in [-0.2, -0.15) is 0 Å². The lowest BCUT2D eigenvalue weighted by molar-refractivity contribution is 0.282. The van der Waals surface area contributed by atoms with Crippen LogP contribution in [0.5, 0.6) is 17.2 Å². The molecule has 0 bridgehead atoms. The summed E-state index contributed by atoms with van der Waals surface area (Å²) in [7, 11) is 0. The fourth-order valence-electron chi connectivity index (χ4n) is 2.86. The van der Waals surface area contributed by atoms with Gasteiger partial charge in [0.15, 0.2) is 0 Å². The van der Waals surface area contributed by atoms with Crippen molar-refractivity contribution in [3.8, 4) is 17.2 Å². The van der Waals surface area contributed by atoms with E-state index < -0.39 is 0 Å². The van der Waals surface area contributed by atoms with Crippen molar-refractivity contribution in [3.05, 3.63) is 17.2 Å². The molecule has 3 heteroatoms. The Bertz CT molecular complexity index is 477. The highest BCUT2D eigenvalue weighted by molar-refractivity contribution is 5.62. The molecule has 0 spiro atoms. The summed E-state index contributed by atoms with van der Waals surface area (Å²) >= 11 is 0. The van der Waals surface area contributed by atoms with Crippen LogP contribution in [0.1, 0.15) is 73.4 Å². The first kappa shape index (κ1) is 19.7. The molecule has 0 unspecified atom stereocenters. The zero-order valence-electron chi connectivity index (χ0n) is 16.4. The molecule has 1 aromatic rings. The Hall–Kier alpha value is -1.38. The van der Waals surface area contributed by atoms with Gasteiger partial charge in [0.05, 0.1) is 19.8 Å². The Morgan fingerprint density at radius 1 is 0.652 bits per heavy atom. The molecule has 1 rings (SSSR count). The first-order valence-electron chi connectivity index (χ1n) is 8.68. The summed E-state index contributed by atoms with van der Waals surface area (Å²) in [4.78, 5) is 0. The Labute approximate surface area is 142 Å². The Kier molecular flexibility index (Phi) is 6.38. The highest BCUT2D eigenvalue weighted by Crippen LogP contribution is 2.49. The molecule has 0 N–H and O–H groups in total. The van der Waals surface area contributed by atoms with E-state index in [2.05, 4.69) is 41.5 Å². The van der Waals surface area contributed by atoms with E-state index in [1.807, 2.05) is 26.8 Å². The predicted octanol–water partition coefficient (Wildman–Crippen LogP) is 5.48. The van der Waals surface area contributed by atoms with Crippen LogP contribution in [0.25, 0.3) is 0 Å². The van der Waals surface area contributed by atoms with Gasteiger partial charge >= 0.3 is 0 Å². The quantitative estimate of drug-likeness (QED) is 0.694. The fraction of sp³-hybridized carbons (Fsp3) is 0.700. The van der Waals surface area contributed by atoms with Gasteiger partial charge < -0.3 is 14.2 Å². The van der Waals surface area contributed by atoms with E-state index in [-0.39, 0.29) is 10.8 Å². The van der Waals surface area contributed by atoms with Crippen LogP contribution >= 0.6 is 0 Å². The third-order valence-electron chi connectivity index (χ3n) is 3.60. The molecule has 0 aliphatic rings. The summed E-state index contributed by atoms with van der Waals surface area (Å²) in [6.45, 7) is 21.1. The Morgan fingerprint density at radius 3 is 1.26 bits per heavy atom. The minimum Gasteiger partial charge on any atom is -0.493 e. The topological polar surface area (TPSA) is 27.7 Å². The molecular weight excluding hydrogens is 288 g/mol. The van der Waals surface area contributed by atoms with Crippen molar-refractivity contribution in [1.29, 1.82) is 0 Å². The highest BCUT2D eigenvalue weighted by atomic mass is 16.5. The molecule has 0 aliphatic carbocycles. The summed E-state index contributed by atoms with van der Waals surface area (Å²) in [5.74, 6) is 2.64. The highest BCUT2D eigenvalue weighted by Gasteiger charge is 2.33. The molecular formula is C20H34O3. The van der Waals surface area contributed by atoms with Crippen LogP contribution < -0.4 is 14.2 Å². The maximum atomic E-state index is 6.14. The van der Waals surface area contributed by atoms with Gasteiger partial charge in [-0.25, -0.2) is 0 Å². The molecule has 1 aromatic carbocycles. The third-order valence-corrected chi connectivity index (χ3v) is 3.60. The van der Waals surface area contributed by atoms with Gasteiger partial charge in [-0.15, -0.1) is 0 Å². The Balaban J connectivity index is 3.84. The average molecular weight is 322 g/mol. The lowest BCUT2D eigenvalue weighted by Gasteiger charge is -2.32. The van der Waals surface area contributed by atoms with Crippen LogP contribution in [0, 0.1) is 0 Å². The number of ether oxygens (including phenoxy) is 3. The van der Waals surface area contributed by atoms with Crippen molar-refractivity contribution in [2.24, 2.45) is 0 Å². The predicted molar refractivity (Wildman–Crippen MR) is 97.3 cm³/mol. The molecule has 0 saturated carbocycles. The van der Waals surface area contributed by atoms with Crippen LogP contribution in [0.15, 0.2) is 6.07 Å². The number of benzene rings is 1. The molecule has 0 heterocycles. The number of rotatable bonds is 6. The van der Waals surface area contributed by atoms with Gasteiger partial charge in [0, 0.05) is 17.2 Å². The zero-order valence-corrected chi connectivity index (χ0v) is 16.4. The van der Waals surface area contributed by atoms with E-state index in [0.29, 0.717) is 19.8 Å². The van der Waals surface area contributed by atoms with Gasteiger partial charge in [0.25, 0.3) is 0 Å². The maximum absolute atomic E-state index is 6.14. The van der Waals surface area contributed by atoms with Crippen molar-refractivity contribution >= 4 is 0 Å². The van der Waals surface area contributed by atoms with Crippen molar-refractivity contribution in [2.45, 2.75) is 73.1 Å². The molecule has 0 amide bonds. The zero-order chi connectivity index (χ0) is 17.8. The monoisotopic (exact) mass is 322 g/mol. The normalized spacial score (nSPS) is 12.2. The average Bonchev–Trinajstić information content (AvgIpc) is 2.36. The van der Waals surface area contributed by atoms with Gasteiger partial charge in [-0.05, 0) is 31.6 Å². The minimum atomic E-state index is -0.0836. The van der Waals surface area contributed by atoms with Crippen LogP contribution in [0.3, 0.4) is 0 Å². The Morgan fingerprint density at radius 2 is 1.00 bits per heavy atom. The molecule has 132 valence electrons. The van der Waals surface area contributed by atoms with Crippen molar-refractivity contribution in [1.82, 2.24) is 0 Å². The van der Waals surface area contributed by atoms with Crippen LogP contribution in [-0.4, -0.2) is 19.8 Å². The minimum absolute atomic E-state index is 0.0836. The molecule has 0 saturated heterocycles. The van der Waals surface area contributed by atoms with Gasteiger partial charge in [-0.3, -0.25) is 0 Å². The van der Waals surface area contributed by atoms with E-state index in [1.54, 1.807) is 0 Å². The first-order valence-corrected chi connectivity index (χ1v) is 8.68. The smallest absolute Gasteiger partial charge is 0.134 e. The molecule has 3 nitrogen and oxygen atoms in total. The lowest BCUT2D eigenvalue weighted by atomic mass is 9.78. The summed E-state index contributed by atoms with van der Waals surface area (Å²) in [6, 6.07) is 2.04. The molecule has 0 fully saturated rings. The van der Waals surface area contributed by atoms with Crippen molar-refractivity contribution in [2.75, 3.05) is 19.8 Å². The molecule has 0 aromatic heterocycles. The summed E-state index contributed by atoms with van der Waals surface area (Å²) in [6.07, 6.45) is 0. The summed E-state index contributed by atoms with van der Waals surface area (Å²) in [5.41, 5.74) is 2.07. The second-order valence-electron chi connectivity index (χ2n) is 7.75. The van der Waals surface area contributed by atoms with Crippen molar-refractivity contribution in [3.63, 3.8) is 0 Å². The molecule has 0 aliphatic heterocycles. The van der Waals surface area contributed by atoms with Gasteiger partial charge in [-0.1, -0.05) is 41.5 Å². The van der Waals surface area contributed by atoms with E-state index in [4.69, 9.17) is 14.2 Å². The summed E-state index contributed by atoms with van der Waals surface area (Å²) < 4.78 is 18.0. The fourth-order valence-corrected chi connectivity index (χ4v) is 2.86. The molecule has 0 atom stereocenters. The SMILES string of the molecule is CCOc1cc(OCC)c(C(C)(C)C)c(OCC)c1C(C)(C)C. The lowest BCUT2D eigenvalue weighted by Crippen LogP contribution is -2.22. The largest absolute Gasteiger partial charge is 0.493 e. The van der Waals surface area contributed by atoms with Crippen LogP contribution in [0.4, 0.5) is 0 Å². The van der Waals surface area contributed by atoms with Crippen LogP contribution in [0.2, 0.25) is 0 Å².